The first-order chi connectivity index (χ1) is 39.5. The van der Waals surface area contributed by atoms with E-state index in [0.717, 1.165) is 83.5 Å². The normalized spacial score (nSPS) is 12.5. The van der Waals surface area contributed by atoms with E-state index in [1.807, 2.05) is 0 Å². The summed E-state index contributed by atoms with van der Waals surface area (Å²) in [7, 11) is 0. The standard InChI is InChI=1S/C74H132O6/c1-4-7-10-13-16-19-22-25-27-29-30-31-32-33-34-35-36-37-38-39-40-41-42-43-45-46-49-52-55-58-61-64-67-73(76)79-70-71(69-78-72(75)66-63-60-57-54-51-48-24-21-18-15-12-9-6-3)80-74(77)68-65-62-59-56-53-50-47-44-28-26-23-20-17-14-11-8-5-2/h8,11,17,20-21,24,26,28,47,50,56,59,71H,4-7,9-10,12-16,18-19,22-23,25,27,29-46,48-49,51-55,57-58,60-70H2,1-3H3/b11-8-,20-17-,24-21-,28-26-,50-47-,59-56-. The van der Waals surface area contributed by atoms with Crippen LogP contribution in [0.25, 0.3) is 0 Å². The first kappa shape index (κ1) is 76.9. The lowest BCUT2D eigenvalue weighted by Crippen LogP contribution is -2.30. The van der Waals surface area contributed by atoms with Crippen LogP contribution in [0.3, 0.4) is 0 Å². The molecular weight excluding hydrogens is 985 g/mol. The summed E-state index contributed by atoms with van der Waals surface area (Å²) in [5.41, 5.74) is 0. The second kappa shape index (κ2) is 68.3. The minimum absolute atomic E-state index is 0.0978. The number of hydrogen-bond donors (Lipinski definition) is 0. The maximum absolute atomic E-state index is 12.9. The molecule has 0 saturated heterocycles. The van der Waals surface area contributed by atoms with E-state index in [4.69, 9.17) is 14.2 Å². The summed E-state index contributed by atoms with van der Waals surface area (Å²) in [5, 5.41) is 0. The van der Waals surface area contributed by atoms with Crippen molar-refractivity contribution >= 4 is 17.9 Å². The highest BCUT2D eigenvalue weighted by atomic mass is 16.6. The molecule has 0 N–H and O–H groups in total. The van der Waals surface area contributed by atoms with Crippen LogP contribution in [0.2, 0.25) is 0 Å². The third-order valence-corrected chi connectivity index (χ3v) is 15.4. The molecule has 0 heterocycles. The minimum atomic E-state index is -0.808. The number of esters is 3. The van der Waals surface area contributed by atoms with Crippen LogP contribution in [0.5, 0.6) is 0 Å². The van der Waals surface area contributed by atoms with Crippen LogP contribution >= 0.6 is 0 Å². The number of unbranched alkanes of at least 4 members (excludes halogenated alkanes) is 41. The highest BCUT2D eigenvalue weighted by Crippen LogP contribution is 2.18. The lowest BCUT2D eigenvalue weighted by Gasteiger charge is -2.18. The predicted octanol–water partition coefficient (Wildman–Crippen LogP) is 24.1. The smallest absolute Gasteiger partial charge is 0.306 e. The average Bonchev–Trinajstić information content (AvgIpc) is 3.46. The Hall–Kier alpha value is -3.15. The van der Waals surface area contributed by atoms with E-state index in [1.54, 1.807) is 0 Å². The van der Waals surface area contributed by atoms with Crippen LogP contribution in [0, 0.1) is 0 Å². The van der Waals surface area contributed by atoms with Crippen LogP contribution in [0.15, 0.2) is 72.9 Å². The van der Waals surface area contributed by atoms with Crippen molar-refractivity contribution in [2.75, 3.05) is 13.2 Å². The molecule has 0 bridgehead atoms. The second-order valence-electron chi connectivity index (χ2n) is 23.4. The molecule has 464 valence electrons. The van der Waals surface area contributed by atoms with Crippen LogP contribution in [0.4, 0.5) is 0 Å². The molecule has 0 aromatic rings. The molecule has 6 heteroatoms. The first-order valence-corrected chi connectivity index (χ1v) is 34.9. The van der Waals surface area contributed by atoms with Crippen molar-refractivity contribution in [3.05, 3.63) is 72.9 Å². The van der Waals surface area contributed by atoms with E-state index in [2.05, 4.69) is 93.7 Å². The summed E-state index contributed by atoms with van der Waals surface area (Å²) in [5.74, 6) is -0.950. The van der Waals surface area contributed by atoms with Gasteiger partial charge in [-0.25, -0.2) is 0 Å². The molecule has 0 aliphatic heterocycles. The van der Waals surface area contributed by atoms with Crippen molar-refractivity contribution in [3.63, 3.8) is 0 Å². The van der Waals surface area contributed by atoms with Gasteiger partial charge in [0, 0.05) is 19.3 Å². The molecule has 0 radical (unpaired) electrons. The number of allylic oxidation sites excluding steroid dienone is 12. The lowest BCUT2D eigenvalue weighted by molar-refractivity contribution is -0.167. The number of carbonyl (C=O) groups is 3. The van der Waals surface area contributed by atoms with Crippen LogP contribution in [-0.2, 0) is 28.6 Å². The third-order valence-electron chi connectivity index (χ3n) is 15.4. The zero-order valence-electron chi connectivity index (χ0n) is 53.3. The zero-order valence-corrected chi connectivity index (χ0v) is 53.3. The fourth-order valence-corrected chi connectivity index (χ4v) is 10.2. The molecule has 0 saturated carbocycles. The number of carbonyl (C=O) groups excluding carboxylic acids is 3. The van der Waals surface area contributed by atoms with Crippen molar-refractivity contribution in [3.8, 4) is 0 Å². The Labute approximate surface area is 497 Å². The molecule has 0 aliphatic rings. The predicted molar refractivity (Wildman–Crippen MR) is 348 cm³/mol. The topological polar surface area (TPSA) is 78.9 Å². The van der Waals surface area contributed by atoms with Gasteiger partial charge < -0.3 is 14.2 Å². The van der Waals surface area contributed by atoms with Gasteiger partial charge >= 0.3 is 17.9 Å². The van der Waals surface area contributed by atoms with E-state index in [1.165, 1.54) is 231 Å². The van der Waals surface area contributed by atoms with E-state index < -0.39 is 6.10 Å². The lowest BCUT2D eigenvalue weighted by atomic mass is 10.0. The largest absolute Gasteiger partial charge is 0.462 e. The Morgan fingerprint density at radius 1 is 0.263 bits per heavy atom. The van der Waals surface area contributed by atoms with Gasteiger partial charge in [0.05, 0.1) is 0 Å². The van der Waals surface area contributed by atoms with Crippen molar-refractivity contribution in [2.24, 2.45) is 0 Å². The monoisotopic (exact) mass is 1120 g/mol. The molecule has 80 heavy (non-hydrogen) atoms. The van der Waals surface area contributed by atoms with Gasteiger partial charge in [0.25, 0.3) is 0 Å². The van der Waals surface area contributed by atoms with Crippen molar-refractivity contribution in [1.29, 1.82) is 0 Å². The Bertz CT molecular complexity index is 1470. The second-order valence-corrected chi connectivity index (χ2v) is 23.4. The van der Waals surface area contributed by atoms with Gasteiger partial charge in [-0.05, 0) is 83.5 Å². The maximum atomic E-state index is 12.9. The summed E-state index contributed by atoms with van der Waals surface area (Å²) < 4.78 is 16.9. The molecule has 1 unspecified atom stereocenters. The highest BCUT2D eigenvalue weighted by molar-refractivity contribution is 5.71. The molecule has 0 aliphatic carbocycles. The maximum Gasteiger partial charge on any atom is 0.306 e. The summed E-state index contributed by atoms with van der Waals surface area (Å²) in [6.45, 7) is 6.50. The molecule has 6 nitrogen and oxygen atoms in total. The van der Waals surface area contributed by atoms with Gasteiger partial charge in [0.2, 0.25) is 0 Å². The summed E-state index contributed by atoms with van der Waals surface area (Å²) >= 11 is 0. The third kappa shape index (κ3) is 65.7. The van der Waals surface area contributed by atoms with Gasteiger partial charge in [0.1, 0.15) is 13.2 Å². The Morgan fingerprint density at radius 3 is 0.825 bits per heavy atom. The van der Waals surface area contributed by atoms with Crippen molar-refractivity contribution < 1.29 is 28.6 Å². The van der Waals surface area contributed by atoms with Gasteiger partial charge in [-0.15, -0.1) is 0 Å². The van der Waals surface area contributed by atoms with Gasteiger partial charge in [-0.2, -0.15) is 0 Å². The van der Waals surface area contributed by atoms with E-state index in [9.17, 15) is 14.4 Å². The minimum Gasteiger partial charge on any atom is -0.462 e. The molecule has 1 atom stereocenters. The van der Waals surface area contributed by atoms with E-state index in [0.29, 0.717) is 19.3 Å². The number of hydrogen-bond acceptors (Lipinski definition) is 6. The number of ether oxygens (including phenoxy) is 3. The summed E-state index contributed by atoms with van der Waals surface area (Å²) in [6.07, 6.45) is 89.6. The average molecular weight is 1120 g/mol. The molecule has 0 aromatic carbocycles. The van der Waals surface area contributed by atoms with Crippen molar-refractivity contribution in [2.45, 2.75) is 367 Å². The summed E-state index contributed by atoms with van der Waals surface area (Å²) in [6, 6.07) is 0. The van der Waals surface area contributed by atoms with E-state index >= 15 is 0 Å². The Kier molecular flexibility index (Phi) is 65.7. The molecule has 0 spiro atoms. The SMILES string of the molecule is CC/C=C\C/C=C\C/C=C\C/C=C\C/C=C\CCCC(=O)OC(COC(=O)CCCCCCC/C=C\CCCCCC)COC(=O)CCCCCCCCCCCCCCCCCCCCCCCCCCCCCCCCCC. The molecule has 0 amide bonds. The quantitative estimate of drug-likeness (QED) is 0.0261. The van der Waals surface area contributed by atoms with Gasteiger partial charge in [0.15, 0.2) is 6.10 Å². The zero-order chi connectivity index (χ0) is 57.8. The Morgan fingerprint density at radius 2 is 0.500 bits per heavy atom. The Balaban J connectivity index is 4.18. The van der Waals surface area contributed by atoms with Gasteiger partial charge in [-0.1, -0.05) is 331 Å². The van der Waals surface area contributed by atoms with Crippen LogP contribution in [-0.4, -0.2) is 37.2 Å². The van der Waals surface area contributed by atoms with Gasteiger partial charge in [-0.3, -0.25) is 14.4 Å². The number of rotatable bonds is 64. The van der Waals surface area contributed by atoms with Crippen LogP contribution < -0.4 is 0 Å². The fraction of sp³-hybridized carbons (Fsp3) is 0.797. The molecule has 0 fully saturated rings. The van der Waals surface area contributed by atoms with E-state index in [-0.39, 0.29) is 37.5 Å². The molecule has 0 rings (SSSR count). The molecule has 0 aromatic heterocycles. The first-order valence-electron chi connectivity index (χ1n) is 34.9. The van der Waals surface area contributed by atoms with Crippen molar-refractivity contribution in [1.82, 2.24) is 0 Å². The summed E-state index contributed by atoms with van der Waals surface area (Å²) in [4.78, 5) is 38.3. The molecular formula is C74H132O6. The highest BCUT2D eigenvalue weighted by Gasteiger charge is 2.19. The van der Waals surface area contributed by atoms with Crippen LogP contribution in [0.1, 0.15) is 361 Å². The fourth-order valence-electron chi connectivity index (χ4n) is 10.2.